The number of nitrogens with one attached hydrogen (secondary N) is 4. The van der Waals surface area contributed by atoms with Gasteiger partial charge in [-0.3, -0.25) is 24.0 Å². The third-order valence-electron chi connectivity index (χ3n) is 7.91. The number of aromatic amines is 1. The molecule has 2 heterocycles. The highest BCUT2D eigenvalue weighted by atomic mass is 16.2. The van der Waals surface area contributed by atoms with E-state index in [1.807, 2.05) is 68.4 Å². The number of fused-ring (bicyclic) bond motifs is 1. The molecule has 3 aromatic rings. The zero-order valence-electron chi connectivity index (χ0n) is 25.8. The van der Waals surface area contributed by atoms with Gasteiger partial charge in [0, 0.05) is 56.5 Å². The van der Waals surface area contributed by atoms with E-state index in [-0.39, 0.29) is 50.7 Å². The van der Waals surface area contributed by atoms with Crippen LogP contribution in [-0.4, -0.2) is 89.1 Å². The molecule has 11 nitrogen and oxygen atoms in total. The molecule has 1 fully saturated rings. The van der Waals surface area contributed by atoms with Gasteiger partial charge in [-0.15, -0.1) is 0 Å². The van der Waals surface area contributed by atoms with Gasteiger partial charge in [-0.05, 0) is 30.0 Å². The second-order valence-electron chi connectivity index (χ2n) is 11.8. The molecule has 234 valence electrons. The molecule has 3 atom stereocenters. The van der Waals surface area contributed by atoms with Crippen LogP contribution in [-0.2, 0) is 36.8 Å². The van der Waals surface area contributed by atoms with Crippen molar-refractivity contribution in [2.75, 3.05) is 26.7 Å². The van der Waals surface area contributed by atoms with Crippen LogP contribution < -0.4 is 16.0 Å². The molecule has 4 N–H and O–H groups in total. The van der Waals surface area contributed by atoms with E-state index in [0.29, 0.717) is 0 Å². The number of benzene rings is 2. The first-order valence-corrected chi connectivity index (χ1v) is 15.0. The second kappa shape index (κ2) is 14.7. The molecular formula is C33H42N6O5. The Labute approximate surface area is 257 Å². The van der Waals surface area contributed by atoms with Gasteiger partial charge in [-0.2, -0.15) is 0 Å². The van der Waals surface area contributed by atoms with Gasteiger partial charge in [-0.1, -0.05) is 62.4 Å². The first-order chi connectivity index (χ1) is 21.0. The third kappa shape index (κ3) is 8.24. The van der Waals surface area contributed by atoms with Crippen molar-refractivity contribution in [3.05, 3.63) is 71.9 Å². The lowest BCUT2D eigenvalue weighted by Crippen LogP contribution is -2.57. The molecule has 0 saturated carbocycles. The van der Waals surface area contributed by atoms with Gasteiger partial charge < -0.3 is 30.7 Å². The van der Waals surface area contributed by atoms with Gasteiger partial charge in [0.25, 0.3) is 0 Å². The molecule has 1 aliphatic rings. The lowest BCUT2D eigenvalue weighted by molar-refractivity contribution is -0.142. The van der Waals surface area contributed by atoms with Crippen molar-refractivity contribution >= 4 is 40.4 Å². The highest BCUT2D eigenvalue weighted by molar-refractivity contribution is 5.95. The third-order valence-corrected chi connectivity index (χ3v) is 7.91. The van der Waals surface area contributed by atoms with Crippen LogP contribution in [0.4, 0.5) is 0 Å². The molecule has 0 unspecified atom stereocenters. The van der Waals surface area contributed by atoms with Crippen molar-refractivity contribution in [1.82, 2.24) is 30.7 Å². The average molecular weight is 603 g/mol. The number of likely N-dealkylation sites (N-methyl/N-ethyl adjacent to an activating group) is 1. The van der Waals surface area contributed by atoms with Crippen LogP contribution in [0.25, 0.3) is 10.9 Å². The summed E-state index contributed by atoms with van der Waals surface area (Å²) in [5, 5.41) is 9.40. The number of hydrogen-bond donors (Lipinski definition) is 4. The van der Waals surface area contributed by atoms with Gasteiger partial charge in [-0.25, -0.2) is 0 Å². The van der Waals surface area contributed by atoms with Crippen LogP contribution in [0.2, 0.25) is 0 Å². The molecule has 44 heavy (non-hydrogen) atoms. The van der Waals surface area contributed by atoms with Crippen molar-refractivity contribution in [2.45, 2.75) is 58.2 Å². The molecule has 0 spiro atoms. The van der Waals surface area contributed by atoms with Crippen LogP contribution >= 0.6 is 0 Å². The number of para-hydroxylation sites is 1. The second-order valence-corrected chi connectivity index (χ2v) is 11.8. The number of carbonyl (C=O) groups is 5. The maximum Gasteiger partial charge on any atom is 0.245 e. The van der Waals surface area contributed by atoms with E-state index in [4.69, 9.17) is 0 Å². The molecular weight excluding hydrogens is 560 g/mol. The summed E-state index contributed by atoms with van der Waals surface area (Å²) in [4.78, 5) is 73.1. The van der Waals surface area contributed by atoms with Crippen LogP contribution in [0.3, 0.4) is 0 Å². The SMILES string of the molecule is CC(C)CC(=O)N1CCNC(=O)[C@H](Cc2ccccc2)NC(=O)[C@H](C)N(C)C(=O)[C@H](Cc2c[nH]c3ccccc23)NC(=O)C1. The fourth-order valence-corrected chi connectivity index (χ4v) is 5.31. The van der Waals surface area contributed by atoms with Crippen LogP contribution in [0.1, 0.15) is 38.3 Å². The van der Waals surface area contributed by atoms with Gasteiger partial charge in [0.2, 0.25) is 29.5 Å². The first-order valence-electron chi connectivity index (χ1n) is 15.0. The highest BCUT2D eigenvalue weighted by Crippen LogP contribution is 2.20. The smallest absolute Gasteiger partial charge is 0.245 e. The summed E-state index contributed by atoms with van der Waals surface area (Å²) < 4.78 is 0. The Kier molecular flexibility index (Phi) is 10.8. The van der Waals surface area contributed by atoms with E-state index >= 15 is 0 Å². The van der Waals surface area contributed by atoms with Gasteiger partial charge in [0.15, 0.2) is 0 Å². The molecule has 2 aromatic carbocycles. The molecule has 5 amide bonds. The average Bonchev–Trinajstić information content (AvgIpc) is 3.41. The number of H-pyrrole nitrogens is 1. The molecule has 11 heteroatoms. The largest absolute Gasteiger partial charge is 0.361 e. The van der Waals surface area contributed by atoms with Gasteiger partial charge >= 0.3 is 0 Å². The van der Waals surface area contributed by atoms with Crippen molar-refractivity contribution < 1.29 is 24.0 Å². The van der Waals surface area contributed by atoms with E-state index in [2.05, 4.69) is 20.9 Å². The molecule has 0 radical (unpaired) electrons. The number of carbonyl (C=O) groups excluding carboxylic acids is 5. The molecule has 1 saturated heterocycles. The minimum absolute atomic E-state index is 0.0635. The minimum Gasteiger partial charge on any atom is -0.361 e. The Hall–Kier alpha value is -4.67. The predicted octanol–water partition coefficient (Wildman–Crippen LogP) is 1.77. The Morgan fingerprint density at radius 3 is 2.34 bits per heavy atom. The van der Waals surface area contributed by atoms with Crippen LogP contribution in [0.5, 0.6) is 0 Å². The number of aromatic nitrogens is 1. The van der Waals surface area contributed by atoms with Gasteiger partial charge in [0.1, 0.15) is 18.1 Å². The Morgan fingerprint density at radius 2 is 1.61 bits per heavy atom. The summed E-state index contributed by atoms with van der Waals surface area (Å²) in [7, 11) is 1.50. The maximum absolute atomic E-state index is 13.9. The van der Waals surface area contributed by atoms with Crippen molar-refractivity contribution in [1.29, 1.82) is 0 Å². The number of amides is 5. The van der Waals surface area contributed by atoms with Crippen molar-refractivity contribution in [3.8, 4) is 0 Å². The zero-order valence-corrected chi connectivity index (χ0v) is 25.8. The normalized spacial score (nSPS) is 21.0. The Bertz CT molecular complexity index is 1490. The Balaban J connectivity index is 1.65. The number of rotatable bonds is 6. The van der Waals surface area contributed by atoms with Crippen molar-refractivity contribution in [3.63, 3.8) is 0 Å². The highest BCUT2D eigenvalue weighted by Gasteiger charge is 2.33. The summed E-state index contributed by atoms with van der Waals surface area (Å²) in [6, 6.07) is 14.1. The predicted molar refractivity (Wildman–Crippen MR) is 167 cm³/mol. The summed E-state index contributed by atoms with van der Waals surface area (Å²) in [5.74, 6) is -2.06. The topological polar surface area (TPSA) is 144 Å². The minimum atomic E-state index is -1.01. The van der Waals surface area contributed by atoms with Crippen LogP contribution in [0, 0.1) is 5.92 Å². The fraction of sp³-hybridized carbons (Fsp3) is 0.424. The van der Waals surface area contributed by atoms with Crippen LogP contribution in [0.15, 0.2) is 60.8 Å². The lowest BCUT2D eigenvalue weighted by Gasteiger charge is -2.30. The molecule has 1 aromatic heterocycles. The summed E-state index contributed by atoms with van der Waals surface area (Å²) in [6.45, 7) is 5.31. The standard InChI is InChI=1S/C33H42N6O5/c1-21(2)16-30(41)39-15-14-34-32(43)27(17-23-10-6-5-7-11-23)37-31(42)22(3)38(4)33(44)28(36-29(40)20-39)18-24-19-35-26-13-9-8-12-25(24)26/h5-13,19,21-22,27-28,35H,14-18,20H2,1-4H3,(H,34,43)(H,36,40)(H,37,42)/t22-,27-,28-/m0/s1. The zero-order chi connectivity index (χ0) is 31.8. The first kappa shape index (κ1) is 32.2. The van der Waals surface area contributed by atoms with Crippen molar-refractivity contribution in [2.24, 2.45) is 5.92 Å². The van der Waals surface area contributed by atoms with E-state index in [9.17, 15) is 24.0 Å². The summed E-state index contributed by atoms with van der Waals surface area (Å²) >= 11 is 0. The van der Waals surface area contributed by atoms with E-state index in [1.165, 1.54) is 16.8 Å². The summed E-state index contributed by atoms with van der Waals surface area (Å²) in [5.41, 5.74) is 2.57. The molecule has 4 rings (SSSR count). The number of hydrogen-bond acceptors (Lipinski definition) is 5. The quantitative estimate of drug-likeness (QED) is 0.340. The summed E-state index contributed by atoms with van der Waals surface area (Å²) in [6.07, 6.45) is 2.44. The van der Waals surface area contributed by atoms with E-state index in [0.717, 1.165) is 22.0 Å². The number of nitrogens with zero attached hydrogens (tertiary/aromatic N) is 2. The fourth-order valence-electron chi connectivity index (χ4n) is 5.31. The Morgan fingerprint density at radius 1 is 0.909 bits per heavy atom. The van der Waals surface area contributed by atoms with E-state index in [1.54, 1.807) is 13.1 Å². The maximum atomic E-state index is 13.9. The molecule has 0 bridgehead atoms. The monoisotopic (exact) mass is 602 g/mol. The molecule has 0 aliphatic carbocycles. The van der Waals surface area contributed by atoms with Gasteiger partial charge in [0.05, 0.1) is 6.54 Å². The molecule has 1 aliphatic heterocycles. The lowest BCUT2D eigenvalue weighted by atomic mass is 10.0. The van der Waals surface area contributed by atoms with E-state index < -0.39 is 41.8 Å².